The van der Waals surface area contributed by atoms with Crippen molar-refractivity contribution in [1.82, 2.24) is 4.90 Å². The van der Waals surface area contributed by atoms with Crippen LogP contribution in [0.2, 0.25) is 0 Å². The molecule has 0 aromatic heterocycles. The Morgan fingerprint density at radius 2 is 1.83 bits per heavy atom. The molecule has 1 saturated heterocycles. The second-order valence-electron chi connectivity index (χ2n) is 6.67. The van der Waals surface area contributed by atoms with Gasteiger partial charge in [-0.3, -0.25) is 4.79 Å². The van der Waals surface area contributed by atoms with Gasteiger partial charge in [-0.2, -0.15) is 0 Å². The molecule has 2 N–H and O–H groups in total. The fourth-order valence-electron chi connectivity index (χ4n) is 3.75. The number of amides is 1. The van der Waals surface area contributed by atoms with Gasteiger partial charge < -0.3 is 10.6 Å². The van der Waals surface area contributed by atoms with Gasteiger partial charge in [-0.15, -0.1) is 0 Å². The summed E-state index contributed by atoms with van der Waals surface area (Å²) in [6, 6.07) is 0.729. The third kappa shape index (κ3) is 2.87. The van der Waals surface area contributed by atoms with Crippen molar-refractivity contribution in [1.29, 1.82) is 0 Å². The number of likely N-dealkylation sites (tertiary alicyclic amines) is 1. The van der Waals surface area contributed by atoms with Gasteiger partial charge in [0.05, 0.1) is 0 Å². The number of rotatable bonds is 1. The fourth-order valence-corrected chi connectivity index (χ4v) is 3.75. The van der Waals surface area contributed by atoms with Gasteiger partial charge in [0.1, 0.15) is 0 Å². The molecular formula is C15H28N2O. The lowest BCUT2D eigenvalue weighted by atomic mass is 9.77. The van der Waals surface area contributed by atoms with Gasteiger partial charge >= 0.3 is 0 Å². The summed E-state index contributed by atoms with van der Waals surface area (Å²) in [5.74, 6) is 1.84. The molecule has 3 nitrogen and oxygen atoms in total. The van der Waals surface area contributed by atoms with Crippen LogP contribution in [0.4, 0.5) is 0 Å². The van der Waals surface area contributed by atoms with Gasteiger partial charge in [-0.05, 0) is 50.9 Å². The molecule has 5 atom stereocenters. The summed E-state index contributed by atoms with van der Waals surface area (Å²) in [5.41, 5.74) is 5.99. The first-order valence-corrected chi connectivity index (χ1v) is 7.55. The Bertz CT molecular complexity index is 277. The number of carbonyl (C=O) groups is 1. The average molecular weight is 252 g/mol. The molecule has 18 heavy (non-hydrogen) atoms. The van der Waals surface area contributed by atoms with Gasteiger partial charge in [0.15, 0.2) is 0 Å². The molecule has 0 radical (unpaired) electrons. The first-order valence-electron chi connectivity index (χ1n) is 7.55. The summed E-state index contributed by atoms with van der Waals surface area (Å²) in [5, 5.41) is 0. The lowest BCUT2D eigenvalue weighted by molar-refractivity contribution is -0.142. The molecule has 2 rings (SSSR count). The van der Waals surface area contributed by atoms with Crippen molar-refractivity contribution in [3.05, 3.63) is 0 Å². The molecule has 1 aliphatic carbocycles. The number of hydrogen-bond donors (Lipinski definition) is 1. The SMILES string of the molecule is CC1CCN(C(=O)C2CCC(N)CC2C)C(C)C1. The number of nitrogens with zero attached hydrogens (tertiary/aromatic N) is 1. The lowest BCUT2D eigenvalue weighted by Crippen LogP contribution is -2.49. The predicted molar refractivity (Wildman–Crippen MR) is 74.1 cm³/mol. The van der Waals surface area contributed by atoms with Crippen LogP contribution in [0.1, 0.15) is 52.9 Å². The van der Waals surface area contributed by atoms with Crippen LogP contribution in [-0.2, 0) is 4.79 Å². The maximum absolute atomic E-state index is 12.7. The lowest BCUT2D eigenvalue weighted by Gasteiger charge is -2.41. The standard InChI is InChI=1S/C15H28N2O/c1-10-6-7-17(12(3)8-10)15(18)14-5-4-13(16)9-11(14)2/h10-14H,4-9,16H2,1-3H3. The number of piperidine rings is 1. The van der Waals surface area contributed by atoms with E-state index >= 15 is 0 Å². The number of hydrogen-bond acceptors (Lipinski definition) is 2. The van der Waals surface area contributed by atoms with E-state index in [0.29, 0.717) is 23.9 Å². The minimum absolute atomic E-state index is 0.223. The van der Waals surface area contributed by atoms with Gasteiger partial charge in [0, 0.05) is 24.5 Å². The molecule has 1 heterocycles. The Balaban J connectivity index is 1.98. The van der Waals surface area contributed by atoms with E-state index in [1.54, 1.807) is 0 Å². The normalized spacial score (nSPS) is 41.8. The Kier molecular flexibility index (Phi) is 4.31. The van der Waals surface area contributed by atoms with Crippen molar-refractivity contribution in [3.8, 4) is 0 Å². The molecular weight excluding hydrogens is 224 g/mol. The zero-order valence-electron chi connectivity index (χ0n) is 12.1. The van der Waals surface area contributed by atoms with Gasteiger partial charge in [-0.1, -0.05) is 13.8 Å². The average Bonchev–Trinajstić information content (AvgIpc) is 2.28. The molecule has 2 fully saturated rings. The molecule has 1 aliphatic heterocycles. The minimum Gasteiger partial charge on any atom is -0.340 e. The second-order valence-corrected chi connectivity index (χ2v) is 6.67. The predicted octanol–water partition coefficient (Wildman–Crippen LogP) is 2.40. The van der Waals surface area contributed by atoms with Crippen LogP contribution in [0.15, 0.2) is 0 Å². The topological polar surface area (TPSA) is 46.3 Å². The van der Waals surface area contributed by atoms with Gasteiger partial charge in [0.2, 0.25) is 5.91 Å². The highest BCUT2D eigenvalue weighted by Crippen LogP contribution is 2.33. The van der Waals surface area contributed by atoms with Crippen LogP contribution in [0.3, 0.4) is 0 Å². The summed E-state index contributed by atoms with van der Waals surface area (Å²) in [4.78, 5) is 14.8. The summed E-state index contributed by atoms with van der Waals surface area (Å²) in [6.07, 6.45) is 5.33. The number of carbonyl (C=O) groups excluding carboxylic acids is 1. The molecule has 2 aliphatic rings. The zero-order valence-corrected chi connectivity index (χ0v) is 12.1. The molecule has 3 heteroatoms. The van der Waals surface area contributed by atoms with Crippen molar-refractivity contribution >= 4 is 5.91 Å². The summed E-state index contributed by atoms with van der Waals surface area (Å²) in [6.45, 7) is 7.64. The third-order valence-electron chi connectivity index (χ3n) is 4.95. The Morgan fingerprint density at radius 3 is 2.44 bits per heavy atom. The third-order valence-corrected chi connectivity index (χ3v) is 4.95. The van der Waals surface area contributed by atoms with Crippen LogP contribution in [0.5, 0.6) is 0 Å². The molecule has 1 saturated carbocycles. The van der Waals surface area contributed by atoms with Gasteiger partial charge in [-0.25, -0.2) is 0 Å². The maximum atomic E-state index is 12.7. The monoisotopic (exact) mass is 252 g/mol. The quantitative estimate of drug-likeness (QED) is 0.779. The second kappa shape index (κ2) is 5.60. The van der Waals surface area contributed by atoms with E-state index in [0.717, 1.165) is 44.6 Å². The number of nitrogens with two attached hydrogens (primary N) is 1. The van der Waals surface area contributed by atoms with E-state index in [1.807, 2.05) is 0 Å². The maximum Gasteiger partial charge on any atom is 0.226 e. The van der Waals surface area contributed by atoms with Crippen molar-refractivity contribution in [2.24, 2.45) is 23.5 Å². The molecule has 0 spiro atoms. The molecule has 1 amide bonds. The first kappa shape index (κ1) is 13.9. The van der Waals surface area contributed by atoms with Crippen molar-refractivity contribution in [2.75, 3.05) is 6.54 Å². The Hall–Kier alpha value is -0.570. The first-order chi connectivity index (χ1) is 8.49. The van der Waals surface area contributed by atoms with Crippen LogP contribution in [0, 0.1) is 17.8 Å². The van der Waals surface area contributed by atoms with Crippen molar-refractivity contribution in [3.63, 3.8) is 0 Å². The van der Waals surface area contributed by atoms with Crippen LogP contribution >= 0.6 is 0 Å². The van der Waals surface area contributed by atoms with E-state index in [9.17, 15) is 4.79 Å². The minimum atomic E-state index is 0.223. The highest BCUT2D eigenvalue weighted by atomic mass is 16.2. The van der Waals surface area contributed by atoms with Crippen molar-refractivity contribution in [2.45, 2.75) is 65.0 Å². The largest absolute Gasteiger partial charge is 0.340 e. The molecule has 104 valence electrons. The van der Waals surface area contributed by atoms with E-state index in [-0.39, 0.29) is 5.92 Å². The Morgan fingerprint density at radius 1 is 1.11 bits per heavy atom. The van der Waals surface area contributed by atoms with E-state index in [1.165, 1.54) is 0 Å². The fraction of sp³-hybridized carbons (Fsp3) is 0.933. The summed E-state index contributed by atoms with van der Waals surface area (Å²) >= 11 is 0. The van der Waals surface area contributed by atoms with Crippen molar-refractivity contribution < 1.29 is 4.79 Å². The zero-order chi connectivity index (χ0) is 13.3. The highest BCUT2D eigenvalue weighted by molar-refractivity contribution is 5.79. The smallest absolute Gasteiger partial charge is 0.226 e. The van der Waals surface area contributed by atoms with Crippen LogP contribution in [-0.4, -0.2) is 29.4 Å². The molecule has 5 unspecified atom stereocenters. The highest BCUT2D eigenvalue weighted by Gasteiger charge is 2.36. The van der Waals surface area contributed by atoms with E-state index < -0.39 is 0 Å². The summed E-state index contributed by atoms with van der Waals surface area (Å²) < 4.78 is 0. The molecule has 0 aromatic rings. The molecule has 0 aromatic carbocycles. The van der Waals surface area contributed by atoms with E-state index in [2.05, 4.69) is 25.7 Å². The Labute approximate surface area is 111 Å². The molecule has 0 bridgehead atoms. The van der Waals surface area contributed by atoms with Crippen LogP contribution in [0.25, 0.3) is 0 Å². The van der Waals surface area contributed by atoms with E-state index in [4.69, 9.17) is 5.73 Å². The van der Waals surface area contributed by atoms with Crippen LogP contribution < -0.4 is 5.73 Å². The van der Waals surface area contributed by atoms with Gasteiger partial charge in [0.25, 0.3) is 0 Å². The summed E-state index contributed by atoms with van der Waals surface area (Å²) in [7, 11) is 0.